The molecule has 0 unspecified atom stereocenters. The minimum Gasteiger partial charge on any atom is -0.497 e. The highest BCUT2D eigenvalue weighted by Crippen LogP contribution is 2.33. The Kier molecular flexibility index (Phi) is 5.53. The van der Waals surface area contributed by atoms with Crippen LogP contribution in [0, 0.1) is 0 Å². The third-order valence-electron chi connectivity index (χ3n) is 4.46. The molecule has 0 fully saturated rings. The van der Waals surface area contributed by atoms with E-state index in [0.29, 0.717) is 55.3 Å². The van der Waals surface area contributed by atoms with E-state index in [1.54, 1.807) is 61.7 Å². The van der Waals surface area contributed by atoms with E-state index < -0.39 is 0 Å². The first-order valence-electron chi connectivity index (χ1n) is 8.88. The number of benzene rings is 3. The molecule has 0 atom stereocenters. The highest BCUT2D eigenvalue weighted by atomic mass is 35.5. The predicted molar refractivity (Wildman–Crippen MR) is 117 cm³/mol. The summed E-state index contributed by atoms with van der Waals surface area (Å²) in [6, 6.07) is 15.2. The molecule has 4 aromatic rings. The predicted octanol–water partition coefficient (Wildman–Crippen LogP) is 6.07. The number of rotatable bonds is 5. The number of fused-ring (bicyclic) bond motifs is 1. The summed E-state index contributed by atoms with van der Waals surface area (Å²) in [5.74, 6) is 0.979. The highest BCUT2D eigenvalue weighted by Gasteiger charge is 2.16. The number of carbonyl (C=O) groups is 1. The van der Waals surface area contributed by atoms with Crippen molar-refractivity contribution in [2.24, 2.45) is 0 Å². The summed E-state index contributed by atoms with van der Waals surface area (Å²) in [7, 11) is 3.04. The monoisotopic (exact) mass is 442 g/mol. The van der Waals surface area contributed by atoms with Gasteiger partial charge in [-0.2, -0.15) is 0 Å². The molecule has 0 aliphatic carbocycles. The number of nitrogens with zero attached hydrogens (tertiary/aromatic N) is 1. The average molecular weight is 443 g/mol. The van der Waals surface area contributed by atoms with Crippen LogP contribution in [0.25, 0.3) is 22.6 Å². The first kappa shape index (κ1) is 20.1. The lowest BCUT2D eigenvalue weighted by Crippen LogP contribution is -2.13. The van der Waals surface area contributed by atoms with Gasteiger partial charge in [0, 0.05) is 16.8 Å². The van der Waals surface area contributed by atoms with Crippen molar-refractivity contribution in [1.82, 2.24) is 4.98 Å². The number of ether oxygens (including phenoxy) is 2. The number of hydrogen-bond acceptors (Lipinski definition) is 5. The largest absolute Gasteiger partial charge is 0.497 e. The van der Waals surface area contributed by atoms with Gasteiger partial charge in [0.1, 0.15) is 17.0 Å². The summed E-state index contributed by atoms with van der Waals surface area (Å²) in [6.07, 6.45) is 0. The van der Waals surface area contributed by atoms with Gasteiger partial charge in [-0.25, -0.2) is 4.98 Å². The van der Waals surface area contributed by atoms with Crippen molar-refractivity contribution in [2.75, 3.05) is 19.5 Å². The van der Waals surface area contributed by atoms with E-state index in [-0.39, 0.29) is 5.91 Å². The van der Waals surface area contributed by atoms with Gasteiger partial charge in [-0.15, -0.1) is 0 Å². The zero-order valence-electron chi connectivity index (χ0n) is 16.0. The fourth-order valence-corrected chi connectivity index (χ4v) is 3.33. The van der Waals surface area contributed by atoms with Crippen molar-refractivity contribution in [1.29, 1.82) is 0 Å². The molecule has 0 bridgehead atoms. The second-order valence-corrected chi connectivity index (χ2v) is 7.19. The van der Waals surface area contributed by atoms with Crippen LogP contribution >= 0.6 is 23.2 Å². The van der Waals surface area contributed by atoms with E-state index in [9.17, 15) is 4.79 Å². The Morgan fingerprint density at radius 2 is 1.83 bits per heavy atom. The molecule has 0 saturated heterocycles. The van der Waals surface area contributed by atoms with Crippen molar-refractivity contribution in [3.8, 4) is 23.0 Å². The van der Waals surface area contributed by atoms with Gasteiger partial charge in [0.25, 0.3) is 5.91 Å². The van der Waals surface area contributed by atoms with Crippen LogP contribution in [0.3, 0.4) is 0 Å². The van der Waals surface area contributed by atoms with Crippen LogP contribution in [-0.4, -0.2) is 25.1 Å². The summed E-state index contributed by atoms with van der Waals surface area (Å²) >= 11 is 12.4. The topological polar surface area (TPSA) is 73.6 Å². The summed E-state index contributed by atoms with van der Waals surface area (Å²) < 4.78 is 16.3. The van der Waals surface area contributed by atoms with E-state index in [4.69, 9.17) is 37.1 Å². The molecule has 1 heterocycles. The van der Waals surface area contributed by atoms with Gasteiger partial charge >= 0.3 is 0 Å². The normalized spacial score (nSPS) is 10.8. The zero-order valence-corrected chi connectivity index (χ0v) is 17.5. The van der Waals surface area contributed by atoms with Crippen molar-refractivity contribution < 1.29 is 18.7 Å². The minimum atomic E-state index is -0.341. The van der Waals surface area contributed by atoms with Crippen molar-refractivity contribution in [3.05, 3.63) is 70.2 Å². The molecule has 0 aliphatic heterocycles. The van der Waals surface area contributed by atoms with Crippen molar-refractivity contribution in [3.63, 3.8) is 0 Å². The maximum atomic E-state index is 12.8. The molecule has 0 saturated carbocycles. The Bertz CT molecular complexity index is 1250. The third-order valence-corrected chi connectivity index (χ3v) is 5.02. The maximum absolute atomic E-state index is 12.8. The molecule has 30 heavy (non-hydrogen) atoms. The van der Waals surface area contributed by atoms with E-state index in [0.717, 1.165) is 0 Å². The second kappa shape index (κ2) is 8.26. The van der Waals surface area contributed by atoms with Gasteiger partial charge in [0.15, 0.2) is 5.58 Å². The Balaban J connectivity index is 1.65. The Hall–Kier alpha value is -3.22. The first-order valence-corrected chi connectivity index (χ1v) is 9.63. The van der Waals surface area contributed by atoms with E-state index in [2.05, 4.69) is 10.3 Å². The van der Waals surface area contributed by atoms with Crippen LogP contribution in [0.15, 0.2) is 59.0 Å². The molecule has 3 aromatic carbocycles. The van der Waals surface area contributed by atoms with Crippen molar-refractivity contribution in [2.45, 2.75) is 0 Å². The van der Waals surface area contributed by atoms with Gasteiger partial charge in [0.05, 0.1) is 30.4 Å². The van der Waals surface area contributed by atoms with Crippen LogP contribution in [0.1, 0.15) is 10.4 Å². The molecular weight excluding hydrogens is 427 g/mol. The number of methoxy groups -OCH3 is 2. The van der Waals surface area contributed by atoms with E-state index >= 15 is 0 Å². The smallest absolute Gasteiger partial charge is 0.259 e. The van der Waals surface area contributed by atoms with E-state index in [1.165, 1.54) is 7.11 Å². The van der Waals surface area contributed by atoms with E-state index in [1.807, 2.05) is 0 Å². The molecular formula is C22H16Cl2N2O4. The maximum Gasteiger partial charge on any atom is 0.259 e. The number of halogens is 2. The van der Waals surface area contributed by atoms with Gasteiger partial charge in [-0.3, -0.25) is 4.79 Å². The van der Waals surface area contributed by atoms with Gasteiger partial charge in [-0.1, -0.05) is 23.2 Å². The number of amides is 1. The molecule has 0 spiro atoms. The highest BCUT2D eigenvalue weighted by molar-refractivity contribution is 6.33. The fourth-order valence-electron chi connectivity index (χ4n) is 2.97. The number of anilines is 1. The first-order chi connectivity index (χ1) is 14.5. The molecule has 1 aromatic heterocycles. The number of hydrogen-bond donors (Lipinski definition) is 1. The quantitative estimate of drug-likeness (QED) is 0.405. The second-order valence-electron chi connectivity index (χ2n) is 6.35. The average Bonchev–Trinajstić information content (AvgIpc) is 3.17. The molecule has 4 rings (SSSR count). The SMILES string of the molecule is COc1ccc(C(=O)Nc2ccc(Cl)c(-c3nc4cc(Cl)ccc4o3)c2)c(OC)c1. The molecule has 1 N–H and O–H groups in total. The van der Waals surface area contributed by atoms with Crippen LogP contribution in [-0.2, 0) is 0 Å². The lowest BCUT2D eigenvalue weighted by molar-refractivity contribution is 0.102. The lowest BCUT2D eigenvalue weighted by atomic mass is 10.1. The summed E-state index contributed by atoms with van der Waals surface area (Å²) in [5, 5.41) is 3.84. The number of oxazole rings is 1. The third kappa shape index (κ3) is 3.92. The standard InChI is InChI=1S/C22H16Cl2N2O4/c1-28-14-5-6-15(20(11-14)29-2)21(27)25-13-4-7-17(24)16(10-13)22-26-18-9-12(23)3-8-19(18)30-22/h3-11H,1-2H3,(H,25,27). The molecule has 1 amide bonds. The number of aromatic nitrogens is 1. The number of carbonyl (C=O) groups excluding carboxylic acids is 1. The molecule has 8 heteroatoms. The van der Waals surface area contributed by atoms with Crippen molar-refractivity contribution >= 4 is 45.9 Å². The van der Waals surface area contributed by atoms with Crippen LogP contribution in [0.4, 0.5) is 5.69 Å². The summed E-state index contributed by atoms with van der Waals surface area (Å²) in [5.41, 5.74) is 2.64. The number of nitrogens with one attached hydrogen (secondary N) is 1. The summed E-state index contributed by atoms with van der Waals surface area (Å²) in [6.45, 7) is 0. The van der Waals surface area contributed by atoms with Gasteiger partial charge < -0.3 is 19.2 Å². The Morgan fingerprint density at radius 3 is 2.60 bits per heavy atom. The molecule has 0 radical (unpaired) electrons. The zero-order chi connectivity index (χ0) is 21.3. The van der Waals surface area contributed by atoms with Gasteiger partial charge in [0.2, 0.25) is 5.89 Å². The van der Waals surface area contributed by atoms with Crippen LogP contribution < -0.4 is 14.8 Å². The fraction of sp³-hybridized carbons (Fsp3) is 0.0909. The molecule has 6 nitrogen and oxygen atoms in total. The minimum absolute atomic E-state index is 0.329. The Morgan fingerprint density at radius 1 is 1.00 bits per heavy atom. The van der Waals surface area contributed by atoms with Crippen LogP contribution in [0.2, 0.25) is 10.0 Å². The molecule has 152 valence electrons. The van der Waals surface area contributed by atoms with Gasteiger partial charge in [-0.05, 0) is 48.5 Å². The molecule has 0 aliphatic rings. The Labute approximate surface area is 182 Å². The lowest BCUT2D eigenvalue weighted by Gasteiger charge is -2.11. The van der Waals surface area contributed by atoms with Crippen LogP contribution in [0.5, 0.6) is 11.5 Å². The summed E-state index contributed by atoms with van der Waals surface area (Å²) in [4.78, 5) is 17.2.